The topological polar surface area (TPSA) is 102 Å². The standard InChI is InChI=1S/C22H35N2O7P/c1-6-30-32(28,31-7-2)17-22(27)24(16-20-11-9-8-10-12-20)23(13-14-29-19(5)25)21(26)15-18(3)4/h8-12,18H,6-7,13-17H2,1-5H3. The number of ether oxygens (including phenoxy) is 1. The van der Waals surface area contributed by atoms with Crippen LogP contribution in [0.4, 0.5) is 0 Å². The molecule has 0 bridgehead atoms. The highest BCUT2D eigenvalue weighted by Crippen LogP contribution is 2.48. The van der Waals surface area contributed by atoms with E-state index in [-0.39, 0.29) is 51.2 Å². The zero-order valence-electron chi connectivity index (χ0n) is 19.6. The first-order valence-corrected chi connectivity index (χ1v) is 12.5. The van der Waals surface area contributed by atoms with E-state index in [2.05, 4.69) is 0 Å². The van der Waals surface area contributed by atoms with Crippen molar-refractivity contribution < 1.29 is 32.7 Å². The summed E-state index contributed by atoms with van der Waals surface area (Å²) in [5.74, 6) is -1.33. The molecule has 1 aromatic rings. The molecule has 0 unspecified atom stereocenters. The normalized spacial score (nSPS) is 11.3. The Labute approximate surface area is 190 Å². The van der Waals surface area contributed by atoms with Crippen LogP contribution in [0.15, 0.2) is 30.3 Å². The van der Waals surface area contributed by atoms with E-state index < -0.39 is 25.6 Å². The number of carbonyl (C=O) groups is 3. The van der Waals surface area contributed by atoms with Crippen LogP contribution >= 0.6 is 7.60 Å². The smallest absolute Gasteiger partial charge is 0.340 e. The van der Waals surface area contributed by atoms with Crippen molar-refractivity contribution >= 4 is 25.4 Å². The van der Waals surface area contributed by atoms with E-state index in [9.17, 15) is 18.9 Å². The number of esters is 1. The van der Waals surface area contributed by atoms with Crippen LogP contribution in [-0.4, -0.2) is 60.3 Å². The zero-order valence-corrected chi connectivity index (χ0v) is 20.5. The van der Waals surface area contributed by atoms with Gasteiger partial charge >= 0.3 is 13.6 Å². The maximum Gasteiger partial charge on any atom is 0.340 e. The second-order valence-corrected chi connectivity index (χ2v) is 9.55. The molecule has 32 heavy (non-hydrogen) atoms. The number of hydrazine groups is 1. The highest BCUT2D eigenvalue weighted by Gasteiger charge is 2.34. The SMILES string of the molecule is CCOP(=O)(CC(=O)N(Cc1ccccc1)N(CCOC(C)=O)C(=O)CC(C)C)OCC. The first kappa shape index (κ1) is 27.8. The van der Waals surface area contributed by atoms with Gasteiger partial charge in [0.2, 0.25) is 5.91 Å². The van der Waals surface area contributed by atoms with Crippen LogP contribution in [0.5, 0.6) is 0 Å². The molecule has 2 amide bonds. The van der Waals surface area contributed by atoms with Gasteiger partial charge in [-0.3, -0.25) is 18.9 Å². The average Bonchev–Trinajstić information content (AvgIpc) is 2.70. The van der Waals surface area contributed by atoms with Gasteiger partial charge < -0.3 is 13.8 Å². The lowest BCUT2D eigenvalue weighted by Crippen LogP contribution is -2.52. The third kappa shape index (κ3) is 9.94. The molecule has 0 radical (unpaired) electrons. The second kappa shape index (κ2) is 14.0. The summed E-state index contributed by atoms with van der Waals surface area (Å²) in [7, 11) is -3.69. The number of hydrogen-bond donors (Lipinski definition) is 0. The molecule has 180 valence electrons. The van der Waals surface area contributed by atoms with E-state index in [1.54, 1.807) is 13.8 Å². The number of rotatable bonds is 13. The number of nitrogens with zero attached hydrogens (tertiary/aromatic N) is 2. The first-order valence-electron chi connectivity index (χ1n) is 10.8. The van der Waals surface area contributed by atoms with E-state index in [0.717, 1.165) is 5.56 Å². The Balaban J connectivity index is 3.27. The average molecular weight is 471 g/mol. The summed E-state index contributed by atoms with van der Waals surface area (Å²) in [5.41, 5.74) is 0.776. The summed E-state index contributed by atoms with van der Waals surface area (Å²) >= 11 is 0. The fourth-order valence-corrected chi connectivity index (χ4v) is 4.48. The minimum atomic E-state index is -3.69. The zero-order chi connectivity index (χ0) is 24.1. The molecule has 0 aliphatic rings. The summed E-state index contributed by atoms with van der Waals surface area (Å²) in [6.45, 7) is 8.59. The molecule has 0 N–H and O–H groups in total. The van der Waals surface area contributed by atoms with Gasteiger partial charge in [-0.1, -0.05) is 44.2 Å². The van der Waals surface area contributed by atoms with E-state index in [1.807, 2.05) is 44.2 Å². The minimum Gasteiger partial charge on any atom is -0.464 e. The molecular weight excluding hydrogens is 435 g/mol. The molecule has 0 saturated carbocycles. The van der Waals surface area contributed by atoms with Crippen LogP contribution in [0.1, 0.15) is 46.6 Å². The predicted octanol–water partition coefficient (Wildman–Crippen LogP) is 3.63. The summed E-state index contributed by atoms with van der Waals surface area (Å²) in [6.07, 6.45) is -0.326. The van der Waals surface area contributed by atoms with Crippen molar-refractivity contribution in [3.63, 3.8) is 0 Å². The van der Waals surface area contributed by atoms with Crippen molar-refractivity contribution in [3.05, 3.63) is 35.9 Å². The molecule has 0 spiro atoms. The molecule has 0 saturated heterocycles. The lowest BCUT2D eigenvalue weighted by molar-refractivity contribution is -0.167. The van der Waals surface area contributed by atoms with Crippen molar-refractivity contribution in [1.29, 1.82) is 0 Å². The maximum absolute atomic E-state index is 13.3. The van der Waals surface area contributed by atoms with E-state index in [1.165, 1.54) is 16.9 Å². The van der Waals surface area contributed by atoms with Gasteiger partial charge in [0.15, 0.2) is 0 Å². The lowest BCUT2D eigenvalue weighted by Gasteiger charge is -2.36. The van der Waals surface area contributed by atoms with Crippen molar-refractivity contribution in [2.75, 3.05) is 32.5 Å². The van der Waals surface area contributed by atoms with Gasteiger partial charge in [0.1, 0.15) is 12.8 Å². The van der Waals surface area contributed by atoms with Crippen LogP contribution in [0.3, 0.4) is 0 Å². The van der Waals surface area contributed by atoms with Gasteiger partial charge in [0, 0.05) is 13.3 Å². The van der Waals surface area contributed by atoms with Gasteiger partial charge in [-0.2, -0.15) is 0 Å². The summed E-state index contributed by atoms with van der Waals surface area (Å²) in [5, 5.41) is 2.51. The van der Waals surface area contributed by atoms with E-state index in [4.69, 9.17) is 13.8 Å². The van der Waals surface area contributed by atoms with Crippen LogP contribution in [-0.2, 0) is 39.3 Å². The second-order valence-electron chi connectivity index (χ2n) is 7.50. The highest BCUT2D eigenvalue weighted by molar-refractivity contribution is 7.54. The Hall–Kier alpha value is -2.22. The number of amides is 2. The maximum atomic E-state index is 13.3. The molecule has 0 fully saturated rings. The van der Waals surface area contributed by atoms with Gasteiger partial charge in [-0.25, -0.2) is 10.0 Å². The summed E-state index contributed by atoms with van der Waals surface area (Å²) in [6, 6.07) is 9.13. The Kier molecular flexibility index (Phi) is 12.2. The lowest BCUT2D eigenvalue weighted by atomic mass is 10.1. The molecule has 0 aliphatic carbocycles. The van der Waals surface area contributed by atoms with Crippen molar-refractivity contribution in [2.45, 2.75) is 47.6 Å². The molecule has 10 heteroatoms. The molecule has 0 aliphatic heterocycles. The van der Waals surface area contributed by atoms with Crippen molar-refractivity contribution in [2.24, 2.45) is 5.92 Å². The highest BCUT2D eigenvalue weighted by atomic mass is 31.2. The van der Waals surface area contributed by atoms with Crippen molar-refractivity contribution in [3.8, 4) is 0 Å². The van der Waals surface area contributed by atoms with Crippen LogP contribution < -0.4 is 0 Å². The third-order valence-corrected chi connectivity index (χ3v) is 6.18. The fraction of sp³-hybridized carbons (Fsp3) is 0.591. The molecule has 0 atom stereocenters. The summed E-state index contributed by atoms with van der Waals surface area (Å²) in [4.78, 5) is 37.6. The monoisotopic (exact) mass is 470 g/mol. The Bertz CT molecular complexity index is 776. The van der Waals surface area contributed by atoms with E-state index >= 15 is 0 Å². The van der Waals surface area contributed by atoms with Gasteiger partial charge in [0.25, 0.3) is 5.91 Å². The van der Waals surface area contributed by atoms with Crippen LogP contribution in [0, 0.1) is 5.92 Å². The Morgan fingerprint density at radius 1 is 0.969 bits per heavy atom. The molecule has 0 heterocycles. The van der Waals surface area contributed by atoms with Crippen LogP contribution in [0.25, 0.3) is 0 Å². The molecule has 0 aromatic heterocycles. The predicted molar refractivity (Wildman–Crippen MR) is 121 cm³/mol. The number of carbonyl (C=O) groups excluding carboxylic acids is 3. The third-order valence-electron chi connectivity index (χ3n) is 4.21. The minimum absolute atomic E-state index is 0.0166. The molecule has 9 nitrogen and oxygen atoms in total. The Morgan fingerprint density at radius 3 is 2.06 bits per heavy atom. The molecule has 1 aromatic carbocycles. The van der Waals surface area contributed by atoms with Gasteiger partial charge in [-0.15, -0.1) is 0 Å². The molecule has 1 rings (SSSR count). The van der Waals surface area contributed by atoms with Gasteiger partial charge in [0.05, 0.1) is 26.3 Å². The van der Waals surface area contributed by atoms with Crippen LogP contribution in [0.2, 0.25) is 0 Å². The fourth-order valence-electron chi connectivity index (χ4n) is 2.94. The van der Waals surface area contributed by atoms with Gasteiger partial charge in [-0.05, 0) is 25.3 Å². The number of hydrogen-bond acceptors (Lipinski definition) is 7. The van der Waals surface area contributed by atoms with E-state index in [0.29, 0.717) is 0 Å². The first-order chi connectivity index (χ1) is 15.1. The Morgan fingerprint density at radius 2 is 1.56 bits per heavy atom. The quantitative estimate of drug-likeness (QED) is 0.246. The number of benzene rings is 1. The van der Waals surface area contributed by atoms with Crippen molar-refractivity contribution in [1.82, 2.24) is 10.0 Å². The summed E-state index contributed by atoms with van der Waals surface area (Å²) < 4.78 is 28.5. The molecular formula is C22H35N2O7P. The largest absolute Gasteiger partial charge is 0.464 e.